The molecule has 1 rings (SSSR count). The highest BCUT2D eigenvalue weighted by Crippen LogP contribution is 2.35. The third-order valence-electron chi connectivity index (χ3n) is 3.90. The minimum Gasteiger partial charge on any atom is -0.498 e. The number of ether oxygens (including phenoxy) is 2. The monoisotopic (exact) mass is 268 g/mol. The molecule has 0 aromatic carbocycles. The topological polar surface area (TPSA) is 35.5 Å². The van der Waals surface area contributed by atoms with Crippen molar-refractivity contribution in [1.82, 2.24) is 0 Å². The Morgan fingerprint density at radius 2 is 2.11 bits per heavy atom. The van der Waals surface area contributed by atoms with E-state index in [-0.39, 0.29) is 5.97 Å². The number of carbonyl (C=O) groups excluding carboxylic acids is 1. The quantitative estimate of drug-likeness (QED) is 0.541. The molecule has 0 aromatic heterocycles. The average Bonchev–Trinajstić information content (AvgIpc) is 2.34. The highest BCUT2D eigenvalue weighted by molar-refractivity contribution is 5.70. The van der Waals surface area contributed by atoms with Crippen LogP contribution in [-0.4, -0.2) is 18.7 Å². The van der Waals surface area contributed by atoms with Crippen LogP contribution in [0, 0.1) is 17.8 Å². The Kier molecular flexibility index (Phi) is 6.96. The summed E-state index contributed by atoms with van der Waals surface area (Å²) in [7, 11) is 0. The van der Waals surface area contributed by atoms with Gasteiger partial charge in [0.1, 0.15) is 6.10 Å². The summed E-state index contributed by atoms with van der Waals surface area (Å²) in [6.07, 6.45) is 7.70. The molecule has 0 aliphatic heterocycles. The van der Waals surface area contributed by atoms with Crippen LogP contribution < -0.4 is 0 Å². The van der Waals surface area contributed by atoms with Gasteiger partial charge < -0.3 is 9.47 Å². The van der Waals surface area contributed by atoms with Crippen molar-refractivity contribution in [1.29, 1.82) is 0 Å². The fourth-order valence-corrected chi connectivity index (χ4v) is 2.79. The Labute approximate surface area is 117 Å². The first-order valence-corrected chi connectivity index (χ1v) is 7.50. The molecular weight excluding hydrogens is 240 g/mol. The van der Waals surface area contributed by atoms with Gasteiger partial charge in [-0.3, -0.25) is 4.79 Å². The van der Waals surface area contributed by atoms with E-state index in [4.69, 9.17) is 9.47 Å². The van der Waals surface area contributed by atoms with Gasteiger partial charge in [-0.05, 0) is 43.6 Å². The van der Waals surface area contributed by atoms with Crippen LogP contribution >= 0.6 is 0 Å². The Morgan fingerprint density at radius 1 is 1.37 bits per heavy atom. The van der Waals surface area contributed by atoms with E-state index in [0.29, 0.717) is 31.0 Å². The molecule has 0 spiro atoms. The van der Waals surface area contributed by atoms with Crippen molar-refractivity contribution >= 4 is 5.97 Å². The molecule has 3 heteroatoms. The maximum atomic E-state index is 11.2. The summed E-state index contributed by atoms with van der Waals surface area (Å²) in [6.45, 7) is 9.06. The summed E-state index contributed by atoms with van der Waals surface area (Å²) in [5, 5.41) is 0. The van der Waals surface area contributed by atoms with Crippen LogP contribution in [0.1, 0.15) is 53.4 Å². The number of carbonyl (C=O) groups is 1. The third kappa shape index (κ3) is 5.66. The molecule has 0 amide bonds. The number of esters is 1. The highest BCUT2D eigenvalue weighted by Gasteiger charge is 2.31. The zero-order valence-electron chi connectivity index (χ0n) is 12.7. The van der Waals surface area contributed by atoms with Gasteiger partial charge in [-0.2, -0.15) is 0 Å². The molecule has 110 valence electrons. The molecule has 1 aliphatic rings. The number of hydrogen-bond acceptors (Lipinski definition) is 3. The molecule has 1 aliphatic carbocycles. The van der Waals surface area contributed by atoms with Gasteiger partial charge in [0.15, 0.2) is 0 Å². The predicted octanol–water partition coefficient (Wildman–Crippen LogP) is 3.93. The third-order valence-corrected chi connectivity index (χ3v) is 3.90. The van der Waals surface area contributed by atoms with Gasteiger partial charge in [0.2, 0.25) is 0 Å². The molecule has 0 aromatic rings. The molecule has 3 unspecified atom stereocenters. The van der Waals surface area contributed by atoms with Crippen LogP contribution in [0.2, 0.25) is 0 Å². The normalized spacial score (nSPS) is 27.7. The number of hydrogen-bond donors (Lipinski definition) is 0. The van der Waals surface area contributed by atoms with Gasteiger partial charge in [-0.25, -0.2) is 0 Å². The standard InChI is InChI=1S/C16H28O3/c1-5-18-16(17)7-6-10-19-15-11-13(4)8-9-14(15)12(2)3/h6,10,12-15H,5,7-9,11H2,1-4H3/b10-6-. The Balaban J connectivity index is 2.39. The molecule has 0 N–H and O–H groups in total. The van der Waals surface area contributed by atoms with E-state index in [9.17, 15) is 4.79 Å². The molecule has 3 atom stereocenters. The first-order valence-electron chi connectivity index (χ1n) is 7.50. The lowest BCUT2D eigenvalue weighted by atomic mass is 9.75. The van der Waals surface area contributed by atoms with Crippen molar-refractivity contribution in [3.05, 3.63) is 12.3 Å². The van der Waals surface area contributed by atoms with Crippen molar-refractivity contribution in [3.8, 4) is 0 Å². The predicted molar refractivity (Wildman–Crippen MR) is 76.6 cm³/mol. The van der Waals surface area contributed by atoms with Crippen LogP contribution in [0.5, 0.6) is 0 Å². The second-order valence-corrected chi connectivity index (χ2v) is 5.88. The van der Waals surface area contributed by atoms with Gasteiger partial charge >= 0.3 is 5.97 Å². The maximum Gasteiger partial charge on any atom is 0.309 e. The first kappa shape index (κ1) is 16.1. The molecule has 0 saturated heterocycles. The van der Waals surface area contributed by atoms with Crippen LogP contribution in [0.15, 0.2) is 12.3 Å². The van der Waals surface area contributed by atoms with Crippen LogP contribution in [-0.2, 0) is 14.3 Å². The van der Waals surface area contributed by atoms with Gasteiger partial charge in [-0.15, -0.1) is 0 Å². The van der Waals surface area contributed by atoms with Crippen molar-refractivity contribution < 1.29 is 14.3 Å². The molecule has 0 bridgehead atoms. The van der Waals surface area contributed by atoms with Crippen molar-refractivity contribution in [2.45, 2.75) is 59.5 Å². The molecule has 1 saturated carbocycles. The SMILES string of the molecule is CCOC(=O)C/C=C\OC1CC(C)CCC1C(C)C. The largest absolute Gasteiger partial charge is 0.498 e. The summed E-state index contributed by atoms with van der Waals surface area (Å²) in [6, 6.07) is 0. The highest BCUT2D eigenvalue weighted by atomic mass is 16.5. The molecule has 1 fully saturated rings. The van der Waals surface area contributed by atoms with E-state index in [1.807, 2.05) is 6.92 Å². The molecular formula is C16H28O3. The molecule has 19 heavy (non-hydrogen) atoms. The Hall–Kier alpha value is -0.990. The minimum absolute atomic E-state index is 0.195. The van der Waals surface area contributed by atoms with E-state index in [0.717, 1.165) is 12.3 Å². The van der Waals surface area contributed by atoms with Gasteiger partial charge in [0, 0.05) is 0 Å². The maximum absolute atomic E-state index is 11.2. The zero-order chi connectivity index (χ0) is 14.3. The zero-order valence-corrected chi connectivity index (χ0v) is 12.7. The summed E-state index contributed by atoms with van der Waals surface area (Å²) in [5.41, 5.74) is 0. The molecule has 3 nitrogen and oxygen atoms in total. The van der Waals surface area contributed by atoms with Crippen LogP contribution in [0.4, 0.5) is 0 Å². The van der Waals surface area contributed by atoms with Gasteiger partial charge in [-0.1, -0.05) is 27.2 Å². The fourth-order valence-electron chi connectivity index (χ4n) is 2.79. The van der Waals surface area contributed by atoms with Crippen LogP contribution in [0.25, 0.3) is 0 Å². The lowest BCUT2D eigenvalue weighted by molar-refractivity contribution is -0.142. The summed E-state index contributed by atoms with van der Waals surface area (Å²) < 4.78 is 10.7. The first-order chi connectivity index (χ1) is 9.04. The smallest absolute Gasteiger partial charge is 0.309 e. The van der Waals surface area contributed by atoms with Crippen LogP contribution in [0.3, 0.4) is 0 Å². The van der Waals surface area contributed by atoms with E-state index in [1.165, 1.54) is 12.8 Å². The molecule has 0 radical (unpaired) electrons. The summed E-state index contributed by atoms with van der Waals surface area (Å²) >= 11 is 0. The van der Waals surface area contributed by atoms with Gasteiger partial charge in [0.05, 0.1) is 19.3 Å². The van der Waals surface area contributed by atoms with E-state index < -0.39 is 0 Å². The Bertz CT molecular complexity index is 296. The molecule has 0 heterocycles. The lowest BCUT2D eigenvalue weighted by Crippen LogP contribution is -2.33. The fraction of sp³-hybridized carbons (Fsp3) is 0.812. The number of rotatable bonds is 6. The van der Waals surface area contributed by atoms with Crippen molar-refractivity contribution in [3.63, 3.8) is 0 Å². The second kappa shape index (κ2) is 8.23. The second-order valence-electron chi connectivity index (χ2n) is 5.88. The van der Waals surface area contributed by atoms with Gasteiger partial charge in [0.25, 0.3) is 0 Å². The minimum atomic E-state index is -0.195. The van der Waals surface area contributed by atoms with E-state index >= 15 is 0 Å². The van der Waals surface area contributed by atoms with Crippen molar-refractivity contribution in [2.24, 2.45) is 17.8 Å². The summed E-state index contributed by atoms with van der Waals surface area (Å²) in [5.74, 6) is 1.82. The summed E-state index contributed by atoms with van der Waals surface area (Å²) in [4.78, 5) is 11.2. The van der Waals surface area contributed by atoms with E-state index in [1.54, 1.807) is 12.3 Å². The lowest BCUT2D eigenvalue weighted by Gasteiger charge is -2.36. The van der Waals surface area contributed by atoms with Crippen molar-refractivity contribution in [2.75, 3.05) is 6.61 Å². The van der Waals surface area contributed by atoms with E-state index in [2.05, 4.69) is 20.8 Å². The Morgan fingerprint density at radius 3 is 2.74 bits per heavy atom. The average molecular weight is 268 g/mol.